The van der Waals surface area contributed by atoms with E-state index < -0.39 is 0 Å². The number of amides is 1. The molecule has 1 heterocycles. The molecule has 2 aromatic carbocycles. The van der Waals surface area contributed by atoms with Crippen LogP contribution < -0.4 is 5.32 Å². The van der Waals surface area contributed by atoms with Crippen LogP contribution in [0.15, 0.2) is 40.8 Å². The molecule has 3 rings (SSSR count). The fraction of sp³-hybridized carbons (Fsp3) is 0.118. The molecule has 0 spiro atoms. The first-order valence-corrected chi connectivity index (χ1v) is 7.13. The van der Waals surface area contributed by atoms with Crippen LogP contribution in [0.25, 0.3) is 11.0 Å². The number of furan rings is 1. The molecule has 5 heteroatoms. The van der Waals surface area contributed by atoms with Crippen LogP contribution in [0.5, 0.6) is 5.75 Å². The van der Waals surface area contributed by atoms with Gasteiger partial charge in [0.25, 0.3) is 5.91 Å². The van der Waals surface area contributed by atoms with Crippen LogP contribution in [-0.2, 0) is 0 Å². The van der Waals surface area contributed by atoms with E-state index in [9.17, 15) is 9.90 Å². The van der Waals surface area contributed by atoms with Gasteiger partial charge in [0.1, 0.15) is 17.1 Å². The van der Waals surface area contributed by atoms with E-state index in [0.717, 1.165) is 5.56 Å². The fourth-order valence-electron chi connectivity index (χ4n) is 2.42. The van der Waals surface area contributed by atoms with Gasteiger partial charge in [-0.05, 0) is 49.7 Å². The predicted octanol–water partition coefficient (Wildman–Crippen LogP) is 4.66. The number of rotatable bonds is 2. The fourth-order valence-corrected chi connectivity index (χ4v) is 2.59. The zero-order valence-corrected chi connectivity index (χ0v) is 12.9. The van der Waals surface area contributed by atoms with Crippen molar-refractivity contribution in [3.8, 4) is 5.75 Å². The van der Waals surface area contributed by atoms with Gasteiger partial charge in [-0.2, -0.15) is 0 Å². The molecule has 0 aliphatic carbocycles. The normalized spacial score (nSPS) is 10.9. The van der Waals surface area contributed by atoms with Crippen molar-refractivity contribution in [2.24, 2.45) is 0 Å². The maximum absolute atomic E-state index is 12.6. The lowest BCUT2D eigenvalue weighted by atomic mass is 10.1. The van der Waals surface area contributed by atoms with Gasteiger partial charge in [0, 0.05) is 16.1 Å². The Morgan fingerprint density at radius 1 is 1.23 bits per heavy atom. The van der Waals surface area contributed by atoms with Gasteiger partial charge >= 0.3 is 0 Å². The molecule has 0 bridgehead atoms. The number of phenols is 1. The second-order valence-electron chi connectivity index (χ2n) is 5.08. The van der Waals surface area contributed by atoms with Crippen molar-refractivity contribution in [3.63, 3.8) is 0 Å². The Balaban J connectivity index is 2.04. The molecule has 0 atom stereocenters. The number of benzene rings is 2. The van der Waals surface area contributed by atoms with Crippen LogP contribution >= 0.6 is 11.6 Å². The van der Waals surface area contributed by atoms with Crippen molar-refractivity contribution in [1.82, 2.24) is 0 Å². The van der Waals surface area contributed by atoms with E-state index in [1.165, 1.54) is 12.1 Å². The van der Waals surface area contributed by atoms with E-state index in [-0.39, 0.29) is 11.7 Å². The van der Waals surface area contributed by atoms with Crippen LogP contribution in [0.1, 0.15) is 21.7 Å². The predicted molar refractivity (Wildman–Crippen MR) is 86.8 cm³/mol. The van der Waals surface area contributed by atoms with Crippen LogP contribution in [0.3, 0.4) is 0 Å². The van der Waals surface area contributed by atoms with E-state index >= 15 is 0 Å². The standard InChI is InChI=1S/C17H14ClNO3/c1-9-13(18)4-3-5-14(9)19-17(21)16-10(2)22-15-7-6-11(20)8-12(15)16/h3-8,20H,1-2H3,(H,19,21). The molecule has 0 aliphatic rings. The van der Waals surface area contributed by atoms with Crippen molar-refractivity contribution in [2.45, 2.75) is 13.8 Å². The number of halogens is 1. The SMILES string of the molecule is Cc1oc2ccc(O)cc2c1C(=O)Nc1cccc(Cl)c1C. The van der Waals surface area contributed by atoms with Crippen molar-refractivity contribution < 1.29 is 14.3 Å². The minimum Gasteiger partial charge on any atom is -0.508 e. The van der Waals surface area contributed by atoms with Gasteiger partial charge in [-0.25, -0.2) is 0 Å². The number of aryl methyl sites for hydroxylation is 1. The average Bonchev–Trinajstić information content (AvgIpc) is 2.79. The summed E-state index contributed by atoms with van der Waals surface area (Å²) in [6, 6.07) is 10.0. The minimum atomic E-state index is -0.299. The largest absolute Gasteiger partial charge is 0.508 e. The van der Waals surface area contributed by atoms with Gasteiger partial charge in [0.15, 0.2) is 0 Å². The summed E-state index contributed by atoms with van der Waals surface area (Å²) in [5.74, 6) is 0.284. The summed E-state index contributed by atoms with van der Waals surface area (Å²) in [6.07, 6.45) is 0. The maximum Gasteiger partial charge on any atom is 0.259 e. The Morgan fingerprint density at radius 2 is 2.00 bits per heavy atom. The molecule has 4 nitrogen and oxygen atoms in total. The van der Waals surface area contributed by atoms with Crippen LogP contribution in [0.4, 0.5) is 5.69 Å². The van der Waals surface area contributed by atoms with Crippen molar-refractivity contribution in [1.29, 1.82) is 0 Å². The number of aromatic hydroxyl groups is 1. The highest BCUT2D eigenvalue weighted by Gasteiger charge is 2.19. The van der Waals surface area contributed by atoms with E-state index in [2.05, 4.69) is 5.32 Å². The summed E-state index contributed by atoms with van der Waals surface area (Å²) in [5, 5.41) is 13.6. The molecule has 1 amide bonds. The van der Waals surface area contributed by atoms with E-state index in [4.69, 9.17) is 16.0 Å². The van der Waals surface area contributed by atoms with Gasteiger partial charge in [-0.1, -0.05) is 17.7 Å². The Bertz CT molecular complexity index is 883. The molecule has 22 heavy (non-hydrogen) atoms. The third-order valence-corrected chi connectivity index (χ3v) is 4.00. The summed E-state index contributed by atoms with van der Waals surface area (Å²) >= 11 is 6.07. The summed E-state index contributed by atoms with van der Waals surface area (Å²) < 4.78 is 5.57. The molecule has 0 fully saturated rings. The Hall–Kier alpha value is -2.46. The zero-order valence-electron chi connectivity index (χ0n) is 12.1. The lowest BCUT2D eigenvalue weighted by Gasteiger charge is -2.09. The first-order chi connectivity index (χ1) is 10.5. The van der Waals surface area contributed by atoms with Gasteiger partial charge in [0.05, 0.1) is 5.56 Å². The number of hydrogen-bond donors (Lipinski definition) is 2. The highest BCUT2D eigenvalue weighted by Crippen LogP contribution is 2.30. The highest BCUT2D eigenvalue weighted by atomic mass is 35.5. The van der Waals surface area contributed by atoms with Gasteiger partial charge in [-0.15, -0.1) is 0 Å². The van der Waals surface area contributed by atoms with Gasteiger partial charge in [-0.3, -0.25) is 4.79 Å². The minimum absolute atomic E-state index is 0.0845. The number of anilines is 1. The third kappa shape index (κ3) is 2.42. The van der Waals surface area contributed by atoms with Crippen molar-refractivity contribution in [2.75, 3.05) is 5.32 Å². The number of carbonyl (C=O) groups excluding carboxylic acids is 1. The maximum atomic E-state index is 12.6. The van der Waals surface area contributed by atoms with E-state index in [1.54, 1.807) is 31.2 Å². The molecule has 3 aromatic rings. The van der Waals surface area contributed by atoms with Gasteiger partial charge < -0.3 is 14.8 Å². The van der Waals surface area contributed by atoms with Crippen LogP contribution in [0.2, 0.25) is 5.02 Å². The summed E-state index contributed by atoms with van der Waals surface area (Å²) in [4.78, 5) is 12.6. The van der Waals surface area contributed by atoms with Crippen molar-refractivity contribution >= 4 is 34.2 Å². The number of carbonyl (C=O) groups is 1. The first kappa shape index (κ1) is 14.5. The molecule has 1 aromatic heterocycles. The number of nitrogens with one attached hydrogen (secondary N) is 1. The first-order valence-electron chi connectivity index (χ1n) is 6.76. The molecule has 112 valence electrons. The lowest BCUT2D eigenvalue weighted by molar-refractivity contribution is 0.102. The zero-order chi connectivity index (χ0) is 15.9. The Morgan fingerprint density at radius 3 is 2.77 bits per heavy atom. The van der Waals surface area contributed by atoms with E-state index in [0.29, 0.717) is 33.0 Å². The molecule has 2 N–H and O–H groups in total. The third-order valence-electron chi connectivity index (χ3n) is 3.59. The van der Waals surface area contributed by atoms with Crippen LogP contribution in [0, 0.1) is 13.8 Å². The molecule has 0 aliphatic heterocycles. The number of phenolic OH excluding ortho intramolecular Hbond substituents is 1. The van der Waals surface area contributed by atoms with Crippen molar-refractivity contribution in [3.05, 3.63) is 58.3 Å². The molecular weight excluding hydrogens is 302 g/mol. The topological polar surface area (TPSA) is 62.5 Å². The molecular formula is C17H14ClNO3. The quantitative estimate of drug-likeness (QED) is 0.723. The second-order valence-corrected chi connectivity index (χ2v) is 5.49. The second kappa shape index (κ2) is 5.39. The summed E-state index contributed by atoms with van der Waals surface area (Å²) in [6.45, 7) is 3.56. The Labute approximate surface area is 132 Å². The smallest absolute Gasteiger partial charge is 0.259 e. The Kier molecular flexibility index (Phi) is 3.54. The summed E-state index contributed by atoms with van der Waals surface area (Å²) in [7, 11) is 0. The molecule has 0 radical (unpaired) electrons. The highest BCUT2D eigenvalue weighted by molar-refractivity contribution is 6.31. The number of hydrogen-bond acceptors (Lipinski definition) is 3. The number of fused-ring (bicyclic) bond motifs is 1. The molecule has 0 saturated heterocycles. The molecule has 0 saturated carbocycles. The average molecular weight is 316 g/mol. The summed E-state index contributed by atoms with van der Waals surface area (Å²) in [5.41, 5.74) is 2.41. The van der Waals surface area contributed by atoms with Crippen LogP contribution in [-0.4, -0.2) is 11.0 Å². The van der Waals surface area contributed by atoms with Gasteiger partial charge in [0.2, 0.25) is 0 Å². The van der Waals surface area contributed by atoms with E-state index in [1.807, 2.05) is 6.92 Å². The monoisotopic (exact) mass is 315 g/mol. The molecule has 0 unspecified atom stereocenters. The lowest BCUT2D eigenvalue weighted by Crippen LogP contribution is -2.13.